The Bertz CT molecular complexity index is 692. The molecule has 0 saturated heterocycles. The molecule has 0 radical (unpaired) electrons. The molecule has 0 aliphatic carbocycles. The number of rotatable bonds is 3. The van der Waals surface area contributed by atoms with Gasteiger partial charge in [-0.05, 0) is 6.08 Å². The van der Waals surface area contributed by atoms with Crippen molar-refractivity contribution in [3.63, 3.8) is 0 Å². The molecule has 0 saturated carbocycles. The maximum absolute atomic E-state index is 11.3. The molecule has 0 fully saturated rings. The quantitative estimate of drug-likeness (QED) is 0.618. The molecule has 9 nitrogen and oxygen atoms in total. The van der Waals surface area contributed by atoms with Crippen molar-refractivity contribution >= 4 is 23.2 Å². The molecule has 2 heterocycles. The van der Waals surface area contributed by atoms with Crippen LogP contribution >= 0.6 is 0 Å². The normalized spacial score (nSPS) is 11.7. The van der Waals surface area contributed by atoms with E-state index in [-0.39, 0.29) is 23.3 Å². The number of nitrogens with one attached hydrogen (secondary N) is 1. The second-order valence-corrected chi connectivity index (χ2v) is 3.40. The Morgan fingerprint density at radius 2 is 2.33 bits per heavy atom. The van der Waals surface area contributed by atoms with E-state index < -0.39 is 11.5 Å². The van der Waals surface area contributed by atoms with Crippen LogP contribution in [0.2, 0.25) is 0 Å². The highest BCUT2D eigenvalue weighted by Gasteiger charge is 2.05. The van der Waals surface area contributed by atoms with Gasteiger partial charge in [-0.1, -0.05) is 5.21 Å². The number of nitrogens with two attached hydrogens (primary N) is 1. The lowest BCUT2D eigenvalue weighted by atomic mass is 10.2. The Morgan fingerprint density at radius 1 is 1.56 bits per heavy atom. The first-order chi connectivity index (χ1) is 8.56. The smallest absolute Gasteiger partial charge is 0.309 e. The lowest BCUT2D eigenvalue weighted by Crippen LogP contribution is -2.12. The fraction of sp³-hybridized carbons (Fsp3) is 0.111. The summed E-state index contributed by atoms with van der Waals surface area (Å²) in [5, 5.41) is 17.6. The average Bonchev–Trinajstić information content (AvgIpc) is 2.27. The van der Waals surface area contributed by atoms with Gasteiger partial charge >= 0.3 is 5.97 Å². The summed E-state index contributed by atoms with van der Waals surface area (Å²) in [6, 6.07) is 0. The van der Waals surface area contributed by atoms with Crippen LogP contribution in [0.25, 0.3) is 17.2 Å². The van der Waals surface area contributed by atoms with Crippen LogP contribution in [0.4, 0.5) is 0 Å². The number of carbonyl (C=O) groups is 1. The van der Waals surface area contributed by atoms with Gasteiger partial charge in [0.1, 0.15) is 0 Å². The van der Waals surface area contributed by atoms with Gasteiger partial charge in [0.25, 0.3) is 5.56 Å². The lowest BCUT2D eigenvalue weighted by molar-refractivity contribution is -0.136. The molecule has 0 atom stereocenters. The van der Waals surface area contributed by atoms with Gasteiger partial charge in [-0.3, -0.25) is 9.59 Å². The number of aromatic amines is 1. The summed E-state index contributed by atoms with van der Waals surface area (Å²) in [6.45, 7) is 0. The van der Waals surface area contributed by atoms with Crippen LogP contribution in [0.5, 0.6) is 0 Å². The molecule has 4 N–H and O–H groups in total. The van der Waals surface area contributed by atoms with Crippen LogP contribution in [0.3, 0.4) is 0 Å². The zero-order chi connectivity index (χ0) is 13.1. The van der Waals surface area contributed by atoms with Crippen LogP contribution < -0.4 is 11.3 Å². The van der Waals surface area contributed by atoms with E-state index in [1.54, 1.807) is 0 Å². The standard InChI is InChI=1S/C9H8N6O3/c10-4(2-6(16)17)1-5-3-11-7-8(12-5)13-15-14-9(7)18/h1,3H,2,10H2,(H,16,17)(H,12,13,14,18). The fourth-order valence-electron chi connectivity index (χ4n) is 1.28. The van der Waals surface area contributed by atoms with Gasteiger partial charge in [-0.15, -0.1) is 5.10 Å². The predicted octanol–water partition coefficient (Wildman–Crippen LogP) is -1.12. The molecule has 0 spiro atoms. The van der Waals surface area contributed by atoms with Gasteiger partial charge in [0.2, 0.25) is 5.65 Å². The summed E-state index contributed by atoms with van der Waals surface area (Å²) in [5.41, 5.74) is 5.54. The van der Waals surface area contributed by atoms with Crippen molar-refractivity contribution in [2.24, 2.45) is 5.73 Å². The van der Waals surface area contributed by atoms with Crippen LogP contribution in [0, 0.1) is 0 Å². The maximum Gasteiger partial charge on any atom is 0.309 e. The van der Waals surface area contributed by atoms with Gasteiger partial charge in [0, 0.05) is 5.70 Å². The Hall–Kier alpha value is -2.84. The summed E-state index contributed by atoms with van der Waals surface area (Å²) >= 11 is 0. The van der Waals surface area contributed by atoms with Gasteiger partial charge in [0.15, 0.2) is 5.52 Å². The summed E-state index contributed by atoms with van der Waals surface area (Å²) in [6.07, 6.45) is 2.35. The van der Waals surface area contributed by atoms with Crippen LogP contribution in [-0.2, 0) is 4.79 Å². The zero-order valence-corrected chi connectivity index (χ0v) is 8.99. The summed E-state index contributed by atoms with van der Waals surface area (Å²) in [7, 11) is 0. The van der Waals surface area contributed by atoms with Crippen molar-refractivity contribution < 1.29 is 9.90 Å². The van der Waals surface area contributed by atoms with E-state index in [9.17, 15) is 9.59 Å². The van der Waals surface area contributed by atoms with E-state index in [1.807, 2.05) is 0 Å². The van der Waals surface area contributed by atoms with E-state index in [1.165, 1.54) is 12.3 Å². The van der Waals surface area contributed by atoms with E-state index in [0.29, 0.717) is 5.69 Å². The molecule has 18 heavy (non-hydrogen) atoms. The molecule has 0 unspecified atom stereocenters. The highest BCUT2D eigenvalue weighted by atomic mass is 16.4. The second kappa shape index (κ2) is 4.57. The maximum atomic E-state index is 11.3. The SMILES string of the molecule is NC(=Cc1cnc2c(=O)[nH]nnc2n1)CC(=O)O. The minimum Gasteiger partial charge on any atom is -0.481 e. The molecular formula is C9H8N6O3. The van der Waals surface area contributed by atoms with E-state index >= 15 is 0 Å². The Labute approximate surface area is 99.4 Å². The van der Waals surface area contributed by atoms with Crippen molar-refractivity contribution in [1.29, 1.82) is 0 Å². The molecule has 0 bridgehead atoms. The summed E-state index contributed by atoms with van der Waals surface area (Å²) in [5.74, 6) is -1.05. The van der Waals surface area contributed by atoms with E-state index in [2.05, 4.69) is 25.4 Å². The number of carboxylic acid groups (broad SMARTS) is 1. The number of fused-ring (bicyclic) bond motifs is 1. The summed E-state index contributed by atoms with van der Waals surface area (Å²) in [4.78, 5) is 29.5. The number of nitrogens with zero attached hydrogens (tertiary/aromatic N) is 4. The number of hydrogen-bond donors (Lipinski definition) is 3. The Morgan fingerprint density at radius 3 is 3.06 bits per heavy atom. The summed E-state index contributed by atoms with van der Waals surface area (Å²) < 4.78 is 0. The first-order valence-corrected chi connectivity index (χ1v) is 4.82. The van der Waals surface area contributed by atoms with Crippen LogP contribution in [0.15, 0.2) is 16.7 Å². The van der Waals surface area contributed by atoms with Gasteiger partial charge < -0.3 is 10.8 Å². The molecule has 0 aliphatic rings. The van der Waals surface area contributed by atoms with E-state index in [0.717, 1.165) is 0 Å². The van der Waals surface area contributed by atoms with Gasteiger partial charge in [-0.2, -0.15) is 0 Å². The topological polar surface area (TPSA) is 148 Å². The minimum atomic E-state index is -1.05. The third-order valence-electron chi connectivity index (χ3n) is 1.97. The molecule has 0 aliphatic heterocycles. The van der Waals surface area contributed by atoms with Crippen molar-refractivity contribution in [3.8, 4) is 0 Å². The van der Waals surface area contributed by atoms with Crippen molar-refractivity contribution in [3.05, 3.63) is 27.9 Å². The number of hydrogen-bond acceptors (Lipinski definition) is 7. The van der Waals surface area contributed by atoms with Crippen molar-refractivity contribution in [1.82, 2.24) is 25.4 Å². The largest absolute Gasteiger partial charge is 0.481 e. The van der Waals surface area contributed by atoms with Crippen LogP contribution in [-0.4, -0.2) is 36.5 Å². The van der Waals surface area contributed by atoms with Crippen molar-refractivity contribution in [2.45, 2.75) is 6.42 Å². The number of H-pyrrole nitrogens is 1. The number of aromatic nitrogens is 5. The van der Waals surface area contributed by atoms with E-state index in [4.69, 9.17) is 10.8 Å². The fourth-order valence-corrected chi connectivity index (χ4v) is 1.28. The molecule has 2 aromatic heterocycles. The van der Waals surface area contributed by atoms with Gasteiger partial charge in [0.05, 0.1) is 18.3 Å². The first-order valence-electron chi connectivity index (χ1n) is 4.82. The highest BCUT2D eigenvalue weighted by molar-refractivity contribution is 5.73. The first kappa shape index (κ1) is 11.6. The molecule has 2 aromatic rings. The third kappa shape index (κ3) is 2.45. The molecular weight excluding hydrogens is 240 g/mol. The lowest BCUT2D eigenvalue weighted by Gasteiger charge is -1.98. The number of carboxylic acids is 1. The molecule has 0 amide bonds. The number of aliphatic carboxylic acids is 1. The van der Waals surface area contributed by atoms with Crippen LogP contribution in [0.1, 0.15) is 12.1 Å². The monoisotopic (exact) mass is 248 g/mol. The molecule has 92 valence electrons. The minimum absolute atomic E-state index is 0.0546. The molecule has 0 aromatic carbocycles. The zero-order valence-electron chi connectivity index (χ0n) is 8.99. The average molecular weight is 248 g/mol. The molecule has 9 heteroatoms. The Balaban J connectivity index is 2.42. The second-order valence-electron chi connectivity index (χ2n) is 3.40. The third-order valence-corrected chi connectivity index (χ3v) is 1.97. The predicted molar refractivity (Wildman–Crippen MR) is 60.2 cm³/mol. The van der Waals surface area contributed by atoms with Crippen molar-refractivity contribution in [2.75, 3.05) is 0 Å². The highest BCUT2D eigenvalue weighted by Crippen LogP contribution is 2.05. The molecule has 2 rings (SSSR count). The van der Waals surface area contributed by atoms with Gasteiger partial charge in [-0.25, -0.2) is 15.1 Å². The Kier molecular flexibility index (Phi) is 2.96.